The number of hydrogen-bond acceptors (Lipinski definition) is 7. The monoisotopic (exact) mass is 608 g/mol. The average molecular weight is 609 g/mol. The minimum Gasteiger partial charge on any atom is -0.503 e. The molecule has 10 heteroatoms. The van der Waals surface area contributed by atoms with Crippen molar-refractivity contribution in [3.63, 3.8) is 0 Å². The van der Waals surface area contributed by atoms with E-state index in [0.717, 1.165) is 11.3 Å². The van der Waals surface area contributed by atoms with E-state index in [0.29, 0.717) is 36.2 Å². The average Bonchev–Trinajstić information content (AvgIpc) is 3.25. The quantitative estimate of drug-likeness (QED) is 0.324. The smallest absolute Gasteiger partial charge is 0.338 e. The van der Waals surface area contributed by atoms with Crippen LogP contribution in [0.2, 0.25) is 0 Å². The lowest BCUT2D eigenvalue weighted by Gasteiger charge is -2.25. The summed E-state index contributed by atoms with van der Waals surface area (Å²) < 4.78 is 26.7. The molecule has 0 amide bonds. The Balaban J connectivity index is 1.82. The minimum atomic E-state index is -0.903. The SMILES string of the molecule is CCOC(=O)C1=C(c2ccccc2)N=c2s/c(=C\c3cc(Br)c(O)c(OC)c3)c(=O)n2[C@@H]1c1ccc(F)cc1. The van der Waals surface area contributed by atoms with E-state index in [1.165, 1.54) is 23.8 Å². The molecule has 0 saturated carbocycles. The fraction of sp³-hybridized carbons (Fsp3) is 0.138. The van der Waals surface area contributed by atoms with Crippen molar-refractivity contribution >= 4 is 45.0 Å². The van der Waals surface area contributed by atoms with Crippen LogP contribution in [0.4, 0.5) is 4.39 Å². The van der Waals surface area contributed by atoms with Gasteiger partial charge >= 0.3 is 5.97 Å². The largest absolute Gasteiger partial charge is 0.503 e. The molecule has 7 nitrogen and oxygen atoms in total. The molecule has 1 aliphatic heterocycles. The Kier molecular flexibility index (Phi) is 7.49. The van der Waals surface area contributed by atoms with Crippen LogP contribution >= 0.6 is 27.3 Å². The summed E-state index contributed by atoms with van der Waals surface area (Å²) in [6.07, 6.45) is 1.66. The predicted molar refractivity (Wildman–Crippen MR) is 150 cm³/mol. The van der Waals surface area contributed by atoms with Crippen molar-refractivity contribution in [1.29, 1.82) is 0 Å². The number of carbonyl (C=O) groups excluding carboxylic acids is 1. The molecule has 198 valence electrons. The summed E-state index contributed by atoms with van der Waals surface area (Å²) in [6.45, 7) is 1.83. The van der Waals surface area contributed by atoms with E-state index < -0.39 is 17.8 Å². The molecular weight excluding hydrogens is 587 g/mol. The van der Waals surface area contributed by atoms with Crippen molar-refractivity contribution in [2.24, 2.45) is 4.99 Å². The molecule has 0 saturated heterocycles. The fourth-order valence-corrected chi connectivity index (χ4v) is 5.85. The maximum Gasteiger partial charge on any atom is 0.338 e. The van der Waals surface area contributed by atoms with Crippen LogP contribution in [0.15, 0.2) is 86.6 Å². The zero-order valence-corrected chi connectivity index (χ0v) is 23.3. The third-order valence-corrected chi connectivity index (χ3v) is 7.72. The van der Waals surface area contributed by atoms with Gasteiger partial charge in [-0.3, -0.25) is 9.36 Å². The van der Waals surface area contributed by atoms with Gasteiger partial charge in [0, 0.05) is 5.56 Å². The Labute approximate surface area is 234 Å². The summed E-state index contributed by atoms with van der Waals surface area (Å²) in [7, 11) is 1.43. The van der Waals surface area contributed by atoms with Crippen molar-refractivity contribution in [3.8, 4) is 11.5 Å². The molecule has 5 rings (SSSR count). The highest BCUT2D eigenvalue weighted by Gasteiger charge is 2.35. The number of aromatic hydroxyl groups is 1. The first kappa shape index (κ1) is 26.6. The number of rotatable bonds is 6. The Morgan fingerprint density at radius 2 is 1.90 bits per heavy atom. The molecule has 0 spiro atoms. The third kappa shape index (κ3) is 5.05. The van der Waals surface area contributed by atoms with E-state index in [4.69, 9.17) is 14.5 Å². The molecule has 0 aliphatic carbocycles. The topological polar surface area (TPSA) is 90.1 Å². The first-order valence-corrected chi connectivity index (χ1v) is 13.5. The van der Waals surface area contributed by atoms with Gasteiger partial charge in [-0.25, -0.2) is 14.2 Å². The molecule has 4 aromatic rings. The highest BCUT2D eigenvalue weighted by atomic mass is 79.9. The van der Waals surface area contributed by atoms with Gasteiger partial charge < -0.3 is 14.6 Å². The number of methoxy groups -OCH3 is 1. The number of aromatic nitrogens is 1. The van der Waals surface area contributed by atoms with Crippen LogP contribution in [0, 0.1) is 5.82 Å². The number of phenols is 1. The number of esters is 1. The van der Waals surface area contributed by atoms with E-state index in [-0.39, 0.29) is 29.2 Å². The highest BCUT2D eigenvalue weighted by Crippen LogP contribution is 2.36. The molecule has 2 heterocycles. The lowest BCUT2D eigenvalue weighted by Crippen LogP contribution is -2.40. The Bertz CT molecular complexity index is 1780. The molecule has 1 aromatic heterocycles. The molecule has 0 fully saturated rings. The Morgan fingerprint density at radius 1 is 1.18 bits per heavy atom. The van der Waals surface area contributed by atoms with Crippen molar-refractivity contribution in [3.05, 3.63) is 119 Å². The van der Waals surface area contributed by atoms with Gasteiger partial charge in [0.2, 0.25) is 0 Å². The maximum atomic E-state index is 13.9. The summed E-state index contributed by atoms with van der Waals surface area (Å²) in [5.41, 5.74) is 1.99. The predicted octanol–water partition coefficient (Wildman–Crippen LogP) is 4.55. The standard InChI is InChI=1S/C29H22BrFN2O5S/c1-3-38-28(36)23-24(17-7-5-4-6-8-17)32-29-33(25(23)18-9-11-19(31)12-10-18)27(35)22(39-29)15-16-13-20(30)26(34)21(14-16)37-2/h4-15,25,34H,3H2,1-2H3/b22-15-/t25-/m1/s1. The van der Waals surface area contributed by atoms with Crippen LogP contribution in [0.3, 0.4) is 0 Å². The van der Waals surface area contributed by atoms with Gasteiger partial charge in [-0.1, -0.05) is 53.8 Å². The Morgan fingerprint density at radius 3 is 2.56 bits per heavy atom. The van der Waals surface area contributed by atoms with Gasteiger partial charge in [-0.15, -0.1) is 0 Å². The van der Waals surface area contributed by atoms with Crippen LogP contribution < -0.4 is 19.6 Å². The highest BCUT2D eigenvalue weighted by molar-refractivity contribution is 9.10. The van der Waals surface area contributed by atoms with E-state index in [2.05, 4.69) is 15.9 Å². The van der Waals surface area contributed by atoms with Gasteiger partial charge in [0.1, 0.15) is 5.82 Å². The van der Waals surface area contributed by atoms with Crippen LogP contribution in [0.5, 0.6) is 11.5 Å². The number of hydrogen-bond donors (Lipinski definition) is 1. The number of benzene rings is 3. The first-order valence-electron chi connectivity index (χ1n) is 11.9. The molecule has 0 unspecified atom stereocenters. The van der Waals surface area contributed by atoms with Crippen molar-refractivity contribution in [2.45, 2.75) is 13.0 Å². The number of ether oxygens (including phenoxy) is 2. The summed E-state index contributed by atoms with van der Waals surface area (Å²) in [5.74, 6) is -0.874. The number of halogens is 2. The van der Waals surface area contributed by atoms with E-state index >= 15 is 0 Å². The molecule has 0 bridgehead atoms. The molecule has 1 atom stereocenters. The van der Waals surface area contributed by atoms with Crippen LogP contribution in [0.25, 0.3) is 11.8 Å². The zero-order chi connectivity index (χ0) is 27.7. The number of nitrogens with zero attached hydrogens (tertiary/aromatic N) is 2. The molecule has 1 aliphatic rings. The van der Waals surface area contributed by atoms with Crippen LogP contribution in [-0.4, -0.2) is 29.4 Å². The number of thiazole rings is 1. The van der Waals surface area contributed by atoms with Crippen molar-refractivity contribution < 1.29 is 23.8 Å². The summed E-state index contributed by atoms with van der Waals surface area (Å²) in [5, 5.41) is 10.2. The van der Waals surface area contributed by atoms with Crippen LogP contribution in [-0.2, 0) is 9.53 Å². The summed E-state index contributed by atoms with van der Waals surface area (Å²) >= 11 is 4.46. The van der Waals surface area contributed by atoms with Crippen LogP contribution in [0.1, 0.15) is 29.7 Å². The lowest BCUT2D eigenvalue weighted by molar-refractivity contribution is -0.138. The number of fused-ring (bicyclic) bond motifs is 1. The second-order valence-corrected chi connectivity index (χ2v) is 10.4. The number of phenolic OH excluding ortho intramolecular Hbond substituents is 1. The van der Waals surface area contributed by atoms with E-state index in [9.17, 15) is 19.1 Å². The molecular formula is C29H22BrFN2O5S. The molecule has 3 aromatic carbocycles. The molecule has 0 radical (unpaired) electrons. The maximum absolute atomic E-state index is 13.9. The normalized spacial score (nSPS) is 15.1. The number of carbonyl (C=O) groups is 1. The molecule has 39 heavy (non-hydrogen) atoms. The second-order valence-electron chi connectivity index (χ2n) is 8.54. The van der Waals surface area contributed by atoms with Gasteiger partial charge in [0.25, 0.3) is 5.56 Å². The summed E-state index contributed by atoms with van der Waals surface area (Å²) in [4.78, 5) is 32.4. The van der Waals surface area contributed by atoms with Gasteiger partial charge in [0.15, 0.2) is 16.3 Å². The minimum absolute atomic E-state index is 0.0565. The fourth-order valence-electron chi connectivity index (χ4n) is 4.38. The summed E-state index contributed by atoms with van der Waals surface area (Å²) in [6, 6.07) is 17.2. The van der Waals surface area contributed by atoms with Gasteiger partial charge in [0.05, 0.1) is 40.0 Å². The lowest BCUT2D eigenvalue weighted by atomic mass is 9.93. The van der Waals surface area contributed by atoms with Gasteiger partial charge in [-0.2, -0.15) is 0 Å². The van der Waals surface area contributed by atoms with Gasteiger partial charge in [-0.05, 0) is 64.3 Å². The first-order chi connectivity index (χ1) is 18.8. The molecule has 1 N–H and O–H groups in total. The van der Waals surface area contributed by atoms with Crippen molar-refractivity contribution in [1.82, 2.24) is 4.57 Å². The third-order valence-electron chi connectivity index (χ3n) is 6.13. The van der Waals surface area contributed by atoms with E-state index in [1.54, 1.807) is 37.3 Å². The van der Waals surface area contributed by atoms with Crippen molar-refractivity contribution in [2.75, 3.05) is 13.7 Å². The zero-order valence-electron chi connectivity index (χ0n) is 20.9. The van der Waals surface area contributed by atoms with E-state index in [1.807, 2.05) is 30.3 Å². The Hall–Kier alpha value is -4.02. The second kappa shape index (κ2) is 11.0.